The molecular formula is C9H11NO5. The number of imide groups is 1. The minimum Gasteiger partial charge on any atom is -0.481 e. The summed E-state index contributed by atoms with van der Waals surface area (Å²) in [6.07, 6.45) is 5.47. The van der Waals surface area contributed by atoms with E-state index in [1.54, 1.807) is 0 Å². The molecular weight excluding hydrogens is 202 g/mol. The van der Waals surface area contributed by atoms with E-state index in [1.165, 1.54) is 0 Å². The number of amides is 2. The number of hydrogen-bond acceptors (Lipinski definition) is 4. The standard InChI is InChI=1S/C5H6O2.C4H5NO3/c1-2-3-4-5(6)7;6-3-1-2-4(7)5(3)8/h1H,3-4H2,(H,6,7);8H,1-2H2. The van der Waals surface area contributed by atoms with Crippen molar-refractivity contribution in [1.29, 1.82) is 0 Å². The van der Waals surface area contributed by atoms with E-state index in [0.29, 0.717) is 6.42 Å². The summed E-state index contributed by atoms with van der Waals surface area (Å²) in [5, 5.41) is 16.5. The quantitative estimate of drug-likeness (QED) is 0.382. The first-order valence-corrected chi connectivity index (χ1v) is 4.19. The van der Waals surface area contributed by atoms with Crippen molar-refractivity contribution < 1.29 is 24.7 Å². The lowest BCUT2D eigenvalue weighted by Crippen LogP contribution is -2.24. The monoisotopic (exact) mass is 213 g/mol. The maximum absolute atomic E-state index is 10.2. The average molecular weight is 213 g/mol. The Bertz CT molecular complexity index is 288. The minimum atomic E-state index is -0.835. The van der Waals surface area contributed by atoms with Crippen LogP contribution in [0.1, 0.15) is 25.7 Å². The summed E-state index contributed by atoms with van der Waals surface area (Å²) in [5.74, 6) is 0.374. The summed E-state index contributed by atoms with van der Waals surface area (Å²) in [6.45, 7) is 0. The molecule has 1 rings (SSSR count). The van der Waals surface area contributed by atoms with E-state index in [1.807, 2.05) is 0 Å². The van der Waals surface area contributed by atoms with Gasteiger partial charge in [0.15, 0.2) is 0 Å². The van der Waals surface area contributed by atoms with Crippen LogP contribution in [0.5, 0.6) is 0 Å². The lowest BCUT2D eigenvalue weighted by atomic mass is 10.3. The molecule has 0 radical (unpaired) electrons. The molecule has 0 aromatic rings. The second-order valence-corrected chi connectivity index (χ2v) is 2.70. The largest absolute Gasteiger partial charge is 0.481 e. The molecule has 1 aliphatic rings. The summed E-state index contributed by atoms with van der Waals surface area (Å²) in [5.41, 5.74) is 0. The predicted molar refractivity (Wildman–Crippen MR) is 48.6 cm³/mol. The van der Waals surface area contributed by atoms with Gasteiger partial charge in [0.25, 0.3) is 11.8 Å². The number of carboxylic acid groups (broad SMARTS) is 1. The van der Waals surface area contributed by atoms with Crippen molar-refractivity contribution in [2.24, 2.45) is 0 Å². The Morgan fingerprint density at radius 2 is 1.87 bits per heavy atom. The fourth-order valence-electron chi connectivity index (χ4n) is 0.744. The van der Waals surface area contributed by atoms with Crippen molar-refractivity contribution in [1.82, 2.24) is 5.06 Å². The number of carbonyl (C=O) groups excluding carboxylic acids is 2. The van der Waals surface area contributed by atoms with Gasteiger partial charge < -0.3 is 5.11 Å². The van der Waals surface area contributed by atoms with Crippen LogP contribution in [0.3, 0.4) is 0 Å². The molecule has 15 heavy (non-hydrogen) atoms. The number of terminal acetylenes is 1. The third-order valence-electron chi connectivity index (χ3n) is 1.51. The van der Waals surface area contributed by atoms with Gasteiger partial charge in [-0.25, -0.2) is 0 Å². The Hall–Kier alpha value is -1.87. The van der Waals surface area contributed by atoms with Crippen LogP contribution < -0.4 is 0 Å². The van der Waals surface area contributed by atoms with Crippen LogP contribution in [0.4, 0.5) is 0 Å². The average Bonchev–Trinajstić information content (AvgIpc) is 2.47. The summed E-state index contributed by atoms with van der Waals surface area (Å²) in [6, 6.07) is 0. The van der Waals surface area contributed by atoms with Crippen LogP contribution in [0, 0.1) is 12.3 Å². The maximum atomic E-state index is 10.2. The van der Waals surface area contributed by atoms with Crippen LogP contribution >= 0.6 is 0 Å². The molecule has 6 heteroatoms. The van der Waals surface area contributed by atoms with E-state index in [4.69, 9.17) is 16.7 Å². The molecule has 1 fully saturated rings. The molecule has 0 aromatic carbocycles. The first-order chi connectivity index (χ1) is 6.99. The van der Waals surface area contributed by atoms with E-state index < -0.39 is 17.8 Å². The fourth-order valence-corrected chi connectivity index (χ4v) is 0.744. The fraction of sp³-hybridized carbons (Fsp3) is 0.444. The molecule has 1 saturated heterocycles. The SMILES string of the molecule is C#CCCC(=O)O.O=C1CCC(=O)N1O. The number of aliphatic carboxylic acids is 1. The van der Waals surface area contributed by atoms with Crippen LogP contribution in [-0.2, 0) is 14.4 Å². The lowest BCUT2D eigenvalue weighted by molar-refractivity contribution is -0.171. The van der Waals surface area contributed by atoms with Crippen molar-refractivity contribution in [2.45, 2.75) is 25.7 Å². The van der Waals surface area contributed by atoms with Gasteiger partial charge in [0, 0.05) is 19.3 Å². The topological polar surface area (TPSA) is 94.9 Å². The van der Waals surface area contributed by atoms with Gasteiger partial charge in [-0.1, -0.05) is 0 Å². The van der Waals surface area contributed by atoms with Gasteiger partial charge in [-0.3, -0.25) is 19.6 Å². The van der Waals surface area contributed by atoms with Crippen LogP contribution in [0.25, 0.3) is 0 Å². The van der Waals surface area contributed by atoms with E-state index >= 15 is 0 Å². The molecule has 0 aliphatic carbocycles. The number of rotatable bonds is 2. The molecule has 0 spiro atoms. The molecule has 6 nitrogen and oxygen atoms in total. The van der Waals surface area contributed by atoms with Gasteiger partial charge in [0.1, 0.15) is 0 Å². The number of nitrogens with zero attached hydrogens (tertiary/aromatic N) is 1. The van der Waals surface area contributed by atoms with Gasteiger partial charge in [-0.05, 0) is 0 Å². The highest BCUT2D eigenvalue weighted by molar-refractivity contribution is 6.00. The highest BCUT2D eigenvalue weighted by atomic mass is 16.5. The van der Waals surface area contributed by atoms with Crippen LogP contribution in [0.2, 0.25) is 0 Å². The maximum Gasteiger partial charge on any atom is 0.304 e. The number of hydroxylamine groups is 2. The van der Waals surface area contributed by atoms with E-state index in [9.17, 15) is 14.4 Å². The van der Waals surface area contributed by atoms with E-state index in [-0.39, 0.29) is 24.3 Å². The molecule has 0 saturated carbocycles. The lowest BCUT2D eigenvalue weighted by Gasteiger charge is -1.98. The third kappa shape index (κ3) is 5.44. The number of hydrogen-bond donors (Lipinski definition) is 2. The Kier molecular flexibility index (Phi) is 5.75. The third-order valence-corrected chi connectivity index (χ3v) is 1.51. The first kappa shape index (κ1) is 13.1. The summed E-state index contributed by atoms with van der Waals surface area (Å²) in [4.78, 5) is 30.1. The zero-order valence-electron chi connectivity index (χ0n) is 7.97. The Morgan fingerprint density at radius 1 is 1.40 bits per heavy atom. The highest BCUT2D eigenvalue weighted by Crippen LogP contribution is 2.06. The van der Waals surface area contributed by atoms with Crippen molar-refractivity contribution in [3.05, 3.63) is 0 Å². The molecule has 82 valence electrons. The molecule has 2 N–H and O–H groups in total. The van der Waals surface area contributed by atoms with E-state index in [2.05, 4.69) is 5.92 Å². The first-order valence-electron chi connectivity index (χ1n) is 4.19. The second-order valence-electron chi connectivity index (χ2n) is 2.70. The van der Waals surface area contributed by atoms with E-state index in [0.717, 1.165) is 0 Å². The van der Waals surface area contributed by atoms with Crippen molar-refractivity contribution in [3.8, 4) is 12.3 Å². The Balaban J connectivity index is 0.000000265. The summed E-state index contributed by atoms with van der Waals surface area (Å²) in [7, 11) is 0. The molecule has 0 atom stereocenters. The molecule has 1 heterocycles. The summed E-state index contributed by atoms with van der Waals surface area (Å²) >= 11 is 0. The van der Waals surface area contributed by atoms with Gasteiger partial charge >= 0.3 is 5.97 Å². The van der Waals surface area contributed by atoms with Crippen LogP contribution in [-0.4, -0.2) is 33.2 Å². The Morgan fingerprint density at radius 3 is 2.00 bits per heavy atom. The highest BCUT2D eigenvalue weighted by Gasteiger charge is 2.26. The number of carboxylic acids is 1. The van der Waals surface area contributed by atoms with Gasteiger partial charge in [0.2, 0.25) is 0 Å². The van der Waals surface area contributed by atoms with Gasteiger partial charge in [-0.15, -0.1) is 12.3 Å². The van der Waals surface area contributed by atoms with Crippen LogP contribution in [0.15, 0.2) is 0 Å². The summed E-state index contributed by atoms with van der Waals surface area (Å²) < 4.78 is 0. The van der Waals surface area contributed by atoms with Crippen molar-refractivity contribution in [2.75, 3.05) is 0 Å². The van der Waals surface area contributed by atoms with Crippen molar-refractivity contribution in [3.63, 3.8) is 0 Å². The van der Waals surface area contributed by atoms with Gasteiger partial charge in [-0.2, -0.15) is 5.06 Å². The van der Waals surface area contributed by atoms with Gasteiger partial charge in [0.05, 0.1) is 6.42 Å². The smallest absolute Gasteiger partial charge is 0.304 e. The normalized spacial score (nSPS) is 14.3. The Labute approximate surface area is 86.4 Å². The molecule has 0 bridgehead atoms. The molecule has 2 amide bonds. The molecule has 0 unspecified atom stereocenters. The van der Waals surface area contributed by atoms with Crippen molar-refractivity contribution >= 4 is 17.8 Å². The predicted octanol–water partition coefficient (Wildman–Crippen LogP) is 0.00900. The second kappa shape index (κ2) is 6.56. The zero-order valence-corrected chi connectivity index (χ0v) is 7.97. The number of carbonyl (C=O) groups is 3. The molecule has 0 aromatic heterocycles. The zero-order chi connectivity index (χ0) is 11.8. The minimum absolute atomic E-state index is 0.0799. The molecule has 1 aliphatic heterocycles.